The first-order chi connectivity index (χ1) is 6.38. The molecule has 1 aromatic carbocycles. The lowest BCUT2D eigenvalue weighted by Gasteiger charge is -2.29. The third kappa shape index (κ3) is 2.41. The Morgan fingerprint density at radius 2 is 1.64 bits per heavy atom. The van der Waals surface area contributed by atoms with E-state index in [1.807, 2.05) is 18.2 Å². The van der Waals surface area contributed by atoms with E-state index in [0.717, 1.165) is 18.8 Å². The average Bonchev–Trinajstić information content (AvgIpc) is 2.20. The van der Waals surface area contributed by atoms with Gasteiger partial charge in [-0.2, -0.15) is 0 Å². The van der Waals surface area contributed by atoms with Gasteiger partial charge in [0.25, 0.3) is 0 Å². The van der Waals surface area contributed by atoms with E-state index in [1.54, 1.807) is 6.07 Å². The van der Waals surface area contributed by atoms with Gasteiger partial charge in [0, 0.05) is 13.1 Å². The highest BCUT2D eigenvalue weighted by molar-refractivity contribution is 8.93. The number of para-hydroxylation sites is 2. The summed E-state index contributed by atoms with van der Waals surface area (Å²) in [7, 11) is 0. The van der Waals surface area contributed by atoms with Gasteiger partial charge in [0.2, 0.25) is 0 Å². The maximum atomic E-state index is 9.62. The third-order valence-corrected chi connectivity index (χ3v) is 2.58. The van der Waals surface area contributed by atoms with Crippen LogP contribution in [0.25, 0.3) is 0 Å². The fraction of sp³-hybridized carbons (Fsp3) is 0.455. The van der Waals surface area contributed by atoms with Crippen LogP contribution in [0, 0.1) is 0 Å². The van der Waals surface area contributed by atoms with Crippen molar-refractivity contribution in [3.8, 4) is 5.75 Å². The molecule has 0 atom stereocenters. The summed E-state index contributed by atoms with van der Waals surface area (Å²) in [6, 6.07) is 7.58. The number of benzene rings is 1. The Labute approximate surface area is 95.3 Å². The van der Waals surface area contributed by atoms with Crippen molar-refractivity contribution in [2.45, 2.75) is 19.3 Å². The molecule has 0 spiro atoms. The van der Waals surface area contributed by atoms with Gasteiger partial charge in [0.05, 0.1) is 5.69 Å². The van der Waals surface area contributed by atoms with Gasteiger partial charge in [-0.15, -0.1) is 17.0 Å². The van der Waals surface area contributed by atoms with Crippen LogP contribution in [0.1, 0.15) is 19.3 Å². The minimum Gasteiger partial charge on any atom is -0.506 e. The molecular weight excluding hydrogens is 242 g/mol. The number of phenolic OH excluding ortho intramolecular Hbond substituents is 1. The lowest BCUT2D eigenvalue weighted by atomic mass is 10.1. The van der Waals surface area contributed by atoms with Crippen molar-refractivity contribution in [2.24, 2.45) is 0 Å². The Morgan fingerprint density at radius 1 is 1.00 bits per heavy atom. The van der Waals surface area contributed by atoms with Crippen LogP contribution in [0.5, 0.6) is 5.75 Å². The van der Waals surface area contributed by atoms with Crippen LogP contribution in [0.3, 0.4) is 0 Å². The second-order valence-electron chi connectivity index (χ2n) is 3.54. The normalized spacial score (nSPS) is 16.1. The van der Waals surface area contributed by atoms with Crippen LogP contribution >= 0.6 is 17.0 Å². The summed E-state index contributed by atoms with van der Waals surface area (Å²) in [6.45, 7) is 2.16. The molecule has 1 fully saturated rings. The number of nitrogens with zero attached hydrogens (tertiary/aromatic N) is 1. The second kappa shape index (κ2) is 5.25. The predicted molar refractivity (Wildman–Crippen MR) is 64.5 cm³/mol. The molecule has 0 radical (unpaired) electrons. The molecule has 2 nitrogen and oxygen atoms in total. The van der Waals surface area contributed by atoms with Gasteiger partial charge in [-0.25, -0.2) is 0 Å². The Hall–Kier alpha value is -0.700. The van der Waals surface area contributed by atoms with Crippen LogP contribution in [-0.4, -0.2) is 18.2 Å². The summed E-state index contributed by atoms with van der Waals surface area (Å²) in [6.07, 6.45) is 3.81. The summed E-state index contributed by atoms with van der Waals surface area (Å²) in [5.74, 6) is 0.407. The fourth-order valence-electron chi connectivity index (χ4n) is 1.87. The van der Waals surface area contributed by atoms with Crippen molar-refractivity contribution in [1.29, 1.82) is 0 Å². The summed E-state index contributed by atoms with van der Waals surface area (Å²) < 4.78 is 0. The highest BCUT2D eigenvalue weighted by Gasteiger charge is 2.12. The molecular formula is C11H16BrNO. The first kappa shape index (κ1) is 11.4. The highest BCUT2D eigenvalue weighted by atomic mass is 79.9. The molecule has 0 amide bonds. The molecule has 3 heteroatoms. The monoisotopic (exact) mass is 257 g/mol. The van der Waals surface area contributed by atoms with E-state index in [0.29, 0.717) is 5.75 Å². The van der Waals surface area contributed by atoms with Crippen LogP contribution in [0.4, 0.5) is 5.69 Å². The summed E-state index contributed by atoms with van der Waals surface area (Å²) in [4.78, 5) is 2.26. The minimum atomic E-state index is 0. The first-order valence-corrected chi connectivity index (χ1v) is 4.91. The van der Waals surface area contributed by atoms with Gasteiger partial charge in [0.1, 0.15) is 5.75 Å². The van der Waals surface area contributed by atoms with E-state index >= 15 is 0 Å². The molecule has 1 aliphatic heterocycles. The van der Waals surface area contributed by atoms with Crippen molar-refractivity contribution in [3.05, 3.63) is 24.3 Å². The Bertz CT molecular complexity index is 284. The molecule has 78 valence electrons. The van der Waals surface area contributed by atoms with E-state index in [9.17, 15) is 5.11 Å². The van der Waals surface area contributed by atoms with E-state index in [4.69, 9.17) is 0 Å². The summed E-state index contributed by atoms with van der Waals surface area (Å²) in [5.41, 5.74) is 0.988. The van der Waals surface area contributed by atoms with Crippen LogP contribution in [0.2, 0.25) is 0 Å². The van der Waals surface area contributed by atoms with E-state index in [1.165, 1.54) is 19.3 Å². The zero-order valence-electron chi connectivity index (χ0n) is 8.15. The lowest BCUT2D eigenvalue weighted by molar-refractivity contribution is 0.469. The number of rotatable bonds is 1. The topological polar surface area (TPSA) is 23.5 Å². The van der Waals surface area contributed by atoms with Crippen LogP contribution in [-0.2, 0) is 0 Å². The van der Waals surface area contributed by atoms with Crippen molar-refractivity contribution < 1.29 is 5.11 Å². The average molecular weight is 258 g/mol. The van der Waals surface area contributed by atoms with Gasteiger partial charge >= 0.3 is 0 Å². The molecule has 14 heavy (non-hydrogen) atoms. The molecule has 0 aliphatic carbocycles. The molecule has 1 heterocycles. The van der Waals surface area contributed by atoms with Gasteiger partial charge in [-0.1, -0.05) is 12.1 Å². The Balaban J connectivity index is 0.000000980. The minimum absolute atomic E-state index is 0. The van der Waals surface area contributed by atoms with Gasteiger partial charge < -0.3 is 10.0 Å². The number of piperidine rings is 1. The summed E-state index contributed by atoms with van der Waals surface area (Å²) in [5, 5.41) is 9.62. The zero-order valence-corrected chi connectivity index (χ0v) is 9.86. The molecule has 0 unspecified atom stereocenters. The molecule has 1 aliphatic rings. The standard InChI is InChI=1S/C11H15NO.BrH/c13-11-7-3-2-6-10(11)12-8-4-1-5-9-12;/h2-3,6-7,13H,1,4-5,8-9H2;1H. The van der Waals surface area contributed by atoms with Crippen LogP contribution < -0.4 is 4.90 Å². The number of hydrogen-bond donors (Lipinski definition) is 1. The van der Waals surface area contributed by atoms with Gasteiger partial charge in [-0.05, 0) is 31.4 Å². The van der Waals surface area contributed by atoms with Crippen molar-refractivity contribution in [2.75, 3.05) is 18.0 Å². The SMILES string of the molecule is Br.Oc1ccccc1N1CCCCC1. The number of aromatic hydroxyl groups is 1. The van der Waals surface area contributed by atoms with Crippen molar-refractivity contribution in [3.63, 3.8) is 0 Å². The van der Waals surface area contributed by atoms with Crippen LogP contribution in [0.15, 0.2) is 24.3 Å². The third-order valence-electron chi connectivity index (χ3n) is 2.58. The molecule has 1 aromatic rings. The highest BCUT2D eigenvalue weighted by Crippen LogP contribution is 2.28. The van der Waals surface area contributed by atoms with E-state index in [-0.39, 0.29) is 17.0 Å². The molecule has 0 saturated carbocycles. The van der Waals surface area contributed by atoms with Gasteiger partial charge in [-0.3, -0.25) is 0 Å². The molecule has 0 bridgehead atoms. The maximum Gasteiger partial charge on any atom is 0.138 e. The zero-order chi connectivity index (χ0) is 9.10. The van der Waals surface area contributed by atoms with Crippen molar-refractivity contribution >= 4 is 22.7 Å². The van der Waals surface area contributed by atoms with E-state index < -0.39 is 0 Å². The fourth-order valence-corrected chi connectivity index (χ4v) is 1.87. The number of hydrogen-bond acceptors (Lipinski definition) is 2. The first-order valence-electron chi connectivity index (χ1n) is 4.91. The lowest BCUT2D eigenvalue weighted by Crippen LogP contribution is -2.29. The summed E-state index contributed by atoms with van der Waals surface area (Å²) >= 11 is 0. The molecule has 2 rings (SSSR count). The maximum absolute atomic E-state index is 9.62. The number of phenols is 1. The quantitative estimate of drug-likeness (QED) is 0.837. The number of anilines is 1. The van der Waals surface area contributed by atoms with Crippen molar-refractivity contribution in [1.82, 2.24) is 0 Å². The van der Waals surface area contributed by atoms with Gasteiger partial charge in [0.15, 0.2) is 0 Å². The Kier molecular flexibility index (Phi) is 4.26. The molecule has 1 N–H and O–H groups in total. The second-order valence-corrected chi connectivity index (χ2v) is 3.54. The smallest absolute Gasteiger partial charge is 0.138 e. The Morgan fingerprint density at radius 3 is 2.29 bits per heavy atom. The predicted octanol–water partition coefficient (Wildman–Crippen LogP) is 2.96. The molecule has 0 aromatic heterocycles. The van der Waals surface area contributed by atoms with E-state index in [2.05, 4.69) is 4.90 Å². The largest absolute Gasteiger partial charge is 0.506 e. The number of halogens is 1. The molecule has 1 saturated heterocycles.